The van der Waals surface area contributed by atoms with Gasteiger partial charge >= 0.3 is 0 Å². The number of hydrogen-bond donors (Lipinski definition) is 0. The van der Waals surface area contributed by atoms with Crippen molar-refractivity contribution in [3.63, 3.8) is 0 Å². The van der Waals surface area contributed by atoms with E-state index in [1.165, 1.54) is 5.56 Å². The van der Waals surface area contributed by atoms with E-state index in [1.807, 2.05) is 13.1 Å². The van der Waals surface area contributed by atoms with Crippen molar-refractivity contribution in [1.82, 2.24) is 19.7 Å². The first-order valence-corrected chi connectivity index (χ1v) is 8.09. The van der Waals surface area contributed by atoms with Crippen LogP contribution in [0.25, 0.3) is 0 Å². The van der Waals surface area contributed by atoms with Crippen LogP contribution in [0.1, 0.15) is 16.8 Å². The van der Waals surface area contributed by atoms with Gasteiger partial charge < -0.3 is 14.5 Å². The summed E-state index contributed by atoms with van der Waals surface area (Å²) in [6.45, 7) is 11.7. The third-order valence-electron chi connectivity index (χ3n) is 4.58. The Morgan fingerprint density at radius 1 is 1.00 bits per heavy atom. The predicted octanol–water partition coefficient (Wildman–Crippen LogP) is 1.39. The summed E-state index contributed by atoms with van der Waals surface area (Å²) in [4.78, 5) is 12.0. The highest BCUT2D eigenvalue weighted by atomic mass is 16.5. The van der Waals surface area contributed by atoms with Crippen LogP contribution in [0.3, 0.4) is 0 Å². The zero-order valence-electron chi connectivity index (χ0n) is 14.7. The van der Waals surface area contributed by atoms with Gasteiger partial charge in [-0.25, -0.2) is 0 Å². The summed E-state index contributed by atoms with van der Waals surface area (Å²) >= 11 is 0. The molecule has 5 nitrogen and oxygen atoms in total. The van der Waals surface area contributed by atoms with Gasteiger partial charge in [0.15, 0.2) is 0 Å². The van der Waals surface area contributed by atoms with Crippen LogP contribution in [-0.2, 0) is 6.54 Å². The SMILES string of the molecule is COc1c(C)cnc(CN2CCN(C)CCN(C)CC2)c1C. The zero-order chi connectivity index (χ0) is 16.1. The van der Waals surface area contributed by atoms with Crippen molar-refractivity contribution in [2.75, 3.05) is 60.5 Å². The van der Waals surface area contributed by atoms with Gasteiger partial charge in [-0.15, -0.1) is 0 Å². The lowest BCUT2D eigenvalue weighted by Gasteiger charge is -2.25. The van der Waals surface area contributed by atoms with E-state index in [0.29, 0.717) is 0 Å². The van der Waals surface area contributed by atoms with Crippen LogP contribution < -0.4 is 4.74 Å². The average molecular weight is 306 g/mol. The Hall–Kier alpha value is -1.17. The normalized spacial score (nSPS) is 19.5. The average Bonchev–Trinajstić information content (AvgIpc) is 2.57. The van der Waals surface area contributed by atoms with E-state index in [9.17, 15) is 0 Å². The Bertz CT molecular complexity index is 478. The van der Waals surface area contributed by atoms with Crippen LogP contribution in [0.5, 0.6) is 5.75 Å². The molecule has 2 rings (SSSR count). The van der Waals surface area contributed by atoms with Crippen LogP contribution in [0, 0.1) is 13.8 Å². The molecule has 5 heteroatoms. The maximum Gasteiger partial charge on any atom is 0.128 e. The molecule has 0 N–H and O–H groups in total. The third-order valence-corrected chi connectivity index (χ3v) is 4.58. The molecule has 0 unspecified atom stereocenters. The Balaban J connectivity index is 2.10. The molecule has 0 atom stereocenters. The van der Waals surface area contributed by atoms with Crippen molar-refractivity contribution >= 4 is 0 Å². The smallest absolute Gasteiger partial charge is 0.128 e. The molecule has 22 heavy (non-hydrogen) atoms. The second kappa shape index (κ2) is 7.90. The fourth-order valence-electron chi connectivity index (χ4n) is 2.90. The highest BCUT2D eigenvalue weighted by Gasteiger charge is 2.16. The summed E-state index contributed by atoms with van der Waals surface area (Å²) in [7, 11) is 6.15. The summed E-state index contributed by atoms with van der Waals surface area (Å²) in [5.74, 6) is 0.975. The molecular weight excluding hydrogens is 276 g/mol. The molecule has 1 aromatic heterocycles. The highest BCUT2D eigenvalue weighted by Crippen LogP contribution is 2.24. The Kier molecular flexibility index (Phi) is 6.17. The van der Waals surface area contributed by atoms with Gasteiger partial charge in [0.1, 0.15) is 5.75 Å². The van der Waals surface area contributed by atoms with Crippen LogP contribution in [0.4, 0.5) is 0 Å². The summed E-state index contributed by atoms with van der Waals surface area (Å²) in [5, 5.41) is 0. The number of likely N-dealkylation sites (N-methyl/N-ethyl adjacent to an activating group) is 2. The van der Waals surface area contributed by atoms with E-state index in [0.717, 1.165) is 62.8 Å². The molecule has 1 aliphatic heterocycles. The fraction of sp³-hybridized carbons (Fsp3) is 0.706. The molecule has 1 aliphatic rings. The molecule has 0 saturated carbocycles. The van der Waals surface area contributed by atoms with E-state index < -0.39 is 0 Å². The van der Waals surface area contributed by atoms with Crippen molar-refractivity contribution in [3.05, 3.63) is 23.0 Å². The first kappa shape index (κ1) is 17.2. The quantitative estimate of drug-likeness (QED) is 0.842. The molecule has 2 heterocycles. The zero-order valence-corrected chi connectivity index (χ0v) is 14.7. The van der Waals surface area contributed by atoms with E-state index in [2.05, 4.69) is 40.7 Å². The summed E-state index contributed by atoms with van der Waals surface area (Å²) < 4.78 is 5.53. The van der Waals surface area contributed by atoms with Gasteiger partial charge in [0.25, 0.3) is 0 Å². The topological polar surface area (TPSA) is 31.8 Å². The molecule has 0 aliphatic carbocycles. The van der Waals surface area contributed by atoms with E-state index >= 15 is 0 Å². The van der Waals surface area contributed by atoms with E-state index in [4.69, 9.17) is 4.74 Å². The van der Waals surface area contributed by atoms with E-state index in [-0.39, 0.29) is 0 Å². The Morgan fingerprint density at radius 2 is 1.55 bits per heavy atom. The molecule has 124 valence electrons. The maximum atomic E-state index is 5.53. The molecule has 1 fully saturated rings. The number of ether oxygens (including phenoxy) is 1. The van der Waals surface area contributed by atoms with Gasteiger partial charge in [0.05, 0.1) is 12.8 Å². The highest BCUT2D eigenvalue weighted by molar-refractivity contribution is 5.41. The largest absolute Gasteiger partial charge is 0.496 e. The van der Waals surface area contributed by atoms with Crippen molar-refractivity contribution in [2.45, 2.75) is 20.4 Å². The van der Waals surface area contributed by atoms with Crippen LogP contribution in [0.2, 0.25) is 0 Å². The number of rotatable bonds is 3. The number of hydrogen-bond acceptors (Lipinski definition) is 5. The molecule has 1 aromatic rings. The van der Waals surface area contributed by atoms with Crippen molar-refractivity contribution in [3.8, 4) is 5.75 Å². The molecule has 0 amide bonds. The minimum Gasteiger partial charge on any atom is -0.496 e. The van der Waals surface area contributed by atoms with Crippen LogP contribution in [0.15, 0.2) is 6.20 Å². The van der Waals surface area contributed by atoms with Gasteiger partial charge in [-0.2, -0.15) is 0 Å². The number of nitrogens with zero attached hydrogens (tertiary/aromatic N) is 4. The Labute approximate surface area is 134 Å². The van der Waals surface area contributed by atoms with Gasteiger partial charge in [0, 0.05) is 63.1 Å². The van der Waals surface area contributed by atoms with Gasteiger partial charge in [0.2, 0.25) is 0 Å². The predicted molar refractivity (Wildman–Crippen MR) is 90.5 cm³/mol. The summed E-state index contributed by atoms with van der Waals surface area (Å²) in [6, 6.07) is 0. The molecule has 0 spiro atoms. The first-order valence-electron chi connectivity index (χ1n) is 8.09. The fourth-order valence-corrected chi connectivity index (χ4v) is 2.90. The summed E-state index contributed by atoms with van der Waals surface area (Å²) in [6.07, 6.45) is 1.93. The lowest BCUT2D eigenvalue weighted by atomic mass is 10.1. The third kappa shape index (κ3) is 4.41. The molecule has 0 bridgehead atoms. The van der Waals surface area contributed by atoms with Gasteiger partial charge in [-0.1, -0.05) is 0 Å². The number of pyridine rings is 1. The second-order valence-corrected chi connectivity index (χ2v) is 6.43. The number of methoxy groups -OCH3 is 1. The number of aromatic nitrogens is 1. The van der Waals surface area contributed by atoms with E-state index in [1.54, 1.807) is 7.11 Å². The lowest BCUT2D eigenvalue weighted by Crippen LogP contribution is -2.34. The van der Waals surface area contributed by atoms with Gasteiger partial charge in [-0.3, -0.25) is 9.88 Å². The summed E-state index contributed by atoms with van der Waals surface area (Å²) in [5.41, 5.74) is 3.41. The second-order valence-electron chi connectivity index (χ2n) is 6.43. The minimum atomic E-state index is 0.893. The molecule has 0 radical (unpaired) electrons. The van der Waals surface area contributed by atoms with Crippen LogP contribution in [-0.4, -0.2) is 80.2 Å². The molecule has 0 aromatic carbocycles. The van der Waals surface area contributed by atoms with Crippen molar-refractivity contribution in [1.29, 1.82) is 0 Å². The van der Waals surface area contributed by atoms with Crippen molar-refractivity contribution in [2.24, 2.45) is 0 Å². The van der Waals surface area contributed by atoms with Gasteiger partial charge in [-0.05, 0) is 27.9 Å². The number of aryl methyl sites for hydroxylation is 1. The van der Waals surface area contributed by atoms with Crippen molar-refractivity contribution < 1.29 is 4.74 Å². The molecular formula is C17H30N4O. The lowest BCUT2D eigenvalue weighted by molar-refractivity contribution is 0.225. The maximum absolute atomic E-state index is 5.53. The minimum absolute atomic E-state index is 0.893. The standard InChI is InChI=1S/C17H30N4O/c1-14-12-18-16(15(2)17(14)22-5)13-21-10-8-19(3)6-7-20(4)9-11-21/h12H,6-11,13H2,1-5H3. The van der Waals surface area contributed by atoms with Crippen LogP contribution >= 0.6 is 0 Å². The molecule has 1 saturated heterocycles. The first-order chi connectivity index (χ1) is 10.5. The monoisotopic (exact) mass is 306 g/mol. The Morgan fingerprint density at radius 3 is 2.09 bits per heavy atom.